The molecule has 1 aliphatic rings. The molecule has 0 saturated heterocycles. The summed E-state index contributed by atoms with van der Waals surface area (Å²) >= 11 is 0. The molecule has 0 aromatic carbocycles. The molecule has 1 fully saturated rings. The quantitative estimate of drug-likeness (QED) is 0.723. The maximum absolute atomic E-state index is 10.8. The molecule has 0 unspecified atom stereocenters. The lowest BCUT2D eigenvalue weighted by atomic mass is 10.0. The maximum Gasteiger partial charge on any atom is 0.372 e. The van der Waals surface area contributed by atoms with Crippen LogP contribution in [0.2, 0.25) is 0 Å². The van der Waals surface area contributed by atoms with E-state index in [0.717, 1.165) is 25.7 Å². The zero-order chi connectivity index (χ0) is 12.3. The highest BCUT2D eigenvalue weighted by atomic mass is 16.4. The average molecular weight is 239 g/mol. The van der Waals surface area contributed by atoms with Crippen LogP contribution in [0.1, 0.15) is 41.8 Å². The fraction of sp³-hybridized carbons (Fsp3) is 0.583. The molecule has 17 heavy (non-hydrogen) atoms. The maximum atomic E-state index is 10.8. The number of nitrogens with one attached hydrogen (secondary N) is 1. The molecule has 0 radical (unpaired) electrons. The number of aliphatic hydroxyl groups is 1. The lowest BCUT2D eigenvalue weighted by Gasteiger charge is -2.22. The minimum atomic E-state index is -1.06. The Balaban J connectivity index is 1.85. The number of carboxylic acids is 1. The van der Waals surface area contributed by atoms with E-state index in [4.69, 9.17) is 9.52 Å². The first kappa shape index (κ1) is 12.1. The molecule has 2 rings (SSSR count). The van der Waals surface area contributed by atoms with Gasteiger partial charge in [-0.3, -0.25) is 0 Å². The molecule has 1 aliphatic carbocycles. The second-order valence-corrected chi connectivity index (χ2v) is 4.62. The molecular formula is C12H17NO4. The molecule has 1 aromatic heterocycles. The van der Waals surface area contributed by atoms with E-state index in [1.165, 1.54) is 6.26 Å². The van der Waals surface area contributed by atoms with Crippen molar-refractivity contribution >= 4 is 5.97 Å². The first-order valence-corrected chi connectivity index (χ1v) is 5.83. The molecule has 5 heteroatoms. The van der Waals surface area contributed by atoms with Crippen LogP contribution in [0.5, 0.6) is 0 Å². The van der Waals surface area contributed by atoms with Crippen molar-refractivity contribution in [3.05, 3.63) is 23.7 Å². The van der Waals surface area contributed by atoms with Crippen LogP contribution >= 0.6 is 0 Å². The Morgan fingerprint density at radius 2 is 2.18 bits per heavy atom. The third-order valence-corrected chi connectivity index (χ3v) is 3.24. The molecule has 1 aromatic rings. The van der Waals surface area contributed by atoms with Gasteiger partial charge < -0.3 is 19.9 Å². The van der Waals surface area contributed by atoms with Crippen molar-refractivity contribution in [2.45, 2.75) is 37.8 Å². The van der Waals surface area contributed by atoms with E-state index in [-0.39, 0.29) is 5.76 Å². The van der Waals surface area contributed by atoms with Crippen molar-refractivity contribution in [3.8, 4) is 0 Å². The van der Waals surface area contributed by atoms with Crippen molar-refractivity contribution in [1.29, 1.82) is 0 Å². The molecule has 0 spiro atoms. The van der Waals surface area contributed by atoms with Crippen molar-refractivity contribution < 1.29 is 19.4 Å². The molecule has 5 nitrogen and oxygen atoms in total. The minimum absolute atomic E-state index is 0.0316. The number of hydrogen-bond donors (Lipinski definition) is 3. The lowest BCUT2D eigenvalue weighted by molar-refractivity contribution is 0.0474. The first-order chi connectivity index (χ1) is 8.11. The summed E-state index contributed by atoms with van der Waals surface area (Å²) in [5.41, 5.74) is -0.00766. The van der Waals surface area contributed by atoms with Crippen LogP contribution in [0.25, 0.3) is 0 Å². The Morgan fingerprint density at radius 1 is 1.47 bits per heavy atom. The molecule has 0 atom stereocenters. The molecule has 3 N–H and O–H groups in total. The standard InChI is InChI=1S/C12H17NO4/c14-11(15)10-9(3-6-17-10)7-13-8-12(16)4-1-2-5-12/h3,6,13,16H,1-2,4-5,7-8H2,(H,14,15). The summed E-state index contributed by atoms with van der Waals surface area (Å²) in [5.74, 6) is -1.10. The largest absolute Gasteiger partial charge is 0.475 e. The normalized spacial score (nSPS) is 18.4. The van der Waals surface area contributed by atoms with Gasteiger partial charge in [0, 0.05) is 18.7 Å². The molecule has 0 aliphatic heterocycles. The molecular weight excluding hydrogens is 222 g/mol. The van der Waals surface area contributed by atoms with Crippen molar-refractivity contribution in [2.24, 2.45) is 0 Å². The highest BCUT2D eigenvalue weighted by Gasteiger charge is 2.30. The summed E-state index contributed by atoms with van der Waals surface area (Å²) in [6.45, 7) is 0.900. The summed E-state index contributed by atoms with van der Waals surface area (Å²) in [7, 11) is 0. The Bertz CT molecular complexity index is 393. The number of hydrogen-bond acceptors (Lipinski definition) is 4. The summed E-state index contributed by atoms with van der Waals surface area (Å²) in [6, 6.07) is 1.63. The van der Waals surface area contributed by atoms with E-state index >= 15 is 0 Å². The van der Waals surface area contributed by atoms with Gasteiger partial charge >= 0.3 is 5.97 Å². The zero-order valence-corrected chi connectivity index (χ0v) is 9.61. The van der Waals surface area contributed by atoms with Crippen LogP contribution in [0, 0.1) is 0 Å². The SMILES string of the molecule is O=C(O)c1occc1CNCC1(O)CCCC1. The summed E-state index contributed by atoms with van der Waals surface area (Å²) < 4.78 is 4.87. The van der Waals surface area contributed by atoms with Crippen LogP contribution < -0.4 is 5.32 Å². The molecule has 0 bridgehead atoms. The fourth-order valence-electron chi connectivity index (χ4n) is 2.30. The predicted molar refractivity (Wildman–Crippen MR) is 60.8 cm³/mol. The highest BCUT2D eigenvalue weighted by molar-refractivity contribution is 5.86. The van der Waals surface area contributed by atoms with Gasteiger partial charge in [-0.15, -0.1) is 0 Å². The topological polar surface area (TPSA) is 82.7 Å². The summed E-state index contributed by atoms with van der Waals surface area (Å²) in [5, 5.41) is 22.0. The van der Waals surface area contributed by atoms with Gasteiger partial charge in [-0.1, -0.05) is 12.8 Å². The van der Waals surface area contributed by atoms with Crippen LogP contribution in [0.4, 0.5) is 0 Å². The highest BCUT2D eigenvalue weighted by Crippen LogP contribution is 2.28. The summed E-state index contributed by atoms with van der Waals surface area (Å²) in [4.78, 5) is 10.8. The number of aromatic carboxylic acids is 1. The van der Waals surface area contributed by atoms with E-state index in [0.29, 0.717) is 18.7 Å². The van der Waals surface area contributed by atoms with Gasteiger partial charge in [-0.2, -0.15) is 0 Å². The molecule has 0 amide bonds. The molecule has 1 saturated carbocycles. The zero-order valence-electron chi connectivity index (χ0n) is 9.61. The van der Waals surface area contributed by atoms with Gasteiger partial charge in [0.15, 0.2) is 0 Å². The van der Waals surface area contributed by atoms with Crippen LogP contribution in [0.3, 0.4) is 0 Å². The Hall–Kier alpha value is -1.33. The van der Waals surface area contributed by atoms with Gasteiger partial charge in [0.1, 0.15) is 0 Å². The van der Waals surface area contributed by atoms with Crippen molar-refractivity contribution in [3.63, 3.8) is 0 Å². The van der Waals surface area contributed by atoms with Crippen LogP contribution in [0.15, 0.2) is 16.7 Å². The van der Waals surface area contributed by atoms with Crippen LogP contribution in [-0.4, -0.2) is 28.3 Å². The van der Waals surface area contributed by atoms with Gasteiger partial charge in [-0.25, -0.2) is 4.79 Å². The third-order valence-electron chi connectivity index (χ3n) is 3.24. The van der Waals surface area contributed by atoms with Gasteiger partial charge in [0.25, 0.3) is 0 Å². The first-order valence-electron chi connectivity index (χ1n) is 5.83. The van der Waals surface area contributed by atoms with Crippen molar-refractivity contribution in [2.75, 3.05) is 6.54 Å². The molecule has 1 heterocycles. The minimum Gasteiger partial charge on any atom is -0.475 e. The predicted octanol–water partition coefficient (Wildman–Crippen LogP) is 1.37. The van der Waals surface area contributed by atoms with E-state index in [1.807, 2.05) is 0 Å². The number of carbonyl (C=O) groups is 1. The Kier molecular flexibility index (Phi) is 3.49. The van der Waals surface area contributed by atoms with Gasteiger partial charge in [0.2, 0.25) is 5.76 Å². The fourth-order valence-corrected chi connectivity index (χ4v) is 2.30. The van der Waals surface area contributed by atoms with Gasteiger partial charge in [-0.05, 0) is 18.9 Å². The van der Waals surface area contributed by atoms with Gasteiger partial charge in [0.05, 0.1) is 11.9 Å². The number of furan rings is 1. The average Bonchev–Trinajstić information content (AvgIpc) is 2.87. The third kappa shape index (κ3) is 2.87. The molecule has 94 valence electrons. The van der Waals surface area contributed by atoms with E-state index < -0.39 is 11.6 Å². The van der Waals surface area contributed by atoms with E-state index in [1.54, 1.807) is 6.07 Å². The summed E-state index contributed by atoms with van der Waals surface area (Å²) in [6.07, 6.45) is 5.12. The second kappa shape index (κ2) is 4.89. The van der Waals surface area contributed by atoms with E-state index in [2.05, 4.69) is 5.32 Å². The second-order valence-electron chi connectivity index (χ2n) is 4.62. The van der Waals surface area contributed by atoms with E-state index in [9.17, 15) is 9.90 Å². The lowest BCUT2D eigenvalue weighted by Crippen LogP contribution is -2.37. The smallest absolute Gasteiger partial charge is 0.372 e. The monoisotopic (exact) mass is 239 g/mol. The van der Waals surface area contributed by atoms with Crippen molar-refractivity contribution in [1.82, 2.24) is 5.32 Å². The Morgan fingerprint density at radius 3 is 2.82 bits per heavy atom. The van der Waals surface area contributed by atoms with Crippen LogP contribution in [-0.2, 0) is 6.54 Å². The number of carboxylic acid groups (broad SMARTS) is 1. The Labute approximate surface area is 99.4 Å². The number of rotatable bonds is 5.